The summed E-state index contributed by atoms with van der Waals surface area (Å²) in [6.45, 7) is 5.60. The third kappa shape index (κ3) is 2.96. The van der Waals surface area contributed by atoms with Crippen molar-refractivity contribution in [2.24, 2.45) is 11.8 Å². The van der Waals surface area contributed by atoms with Crippen LogP contribution in [0.4, 0.5) is 0 Å². The van der Waals surface area contributed by atoms with E-state index in [9.17, 15) is 0 Å². The van der Waals surface area contributed by atoms with Crippen LogP contribution in [0, 0.1) is 11.8 Å². The van der Waals surface area contributed by atoms with Gasteiger partial charge in [-0.2, -0.15) is 0 Å². The second-order valence-electron chi connectivity index (χ2n) is 5.07. The lowest BCUT2D eigenvalue weighted by Crippen LogP contribution is -2.23. The zero-order valence-electron chi connectivity index (χ0n) is 9.30. The van der Waals surface area contributed by atoms with E-state index in [1.54, 1.807) is 0 Å². The van der Waals surface area contributed by atoms with Crippen LogP contribution in [0.1, 0.15) is 39.0 Å². The smallest absolute Gasteiger partial charge is 0.0711 e. The molecule has 2 aliphatic rings. The van der Waals surface area contributed by atoms with E-state index in [1.165, 1.54) is 32.1 Å². The van der Waals surface area contributed by atoms with Crippen molar-refractivity contribution in [3.05, 3.63) is 0 Å². The van der Waals surface area contributed by atoms with Crippen LogP contribution >= 0.6 is 0 Å². The number of rotatable bonds is 3. The lowest BCUT2D eigenvalue weighted by molar-refractivity contribution is 0.0285. The average Bonchev–Trinajstić information content (AvgIpc) is 2.70. The van der Waals surface area contributed by atoms with Crippen LogP contribution in [0.25, 0.3) is 0 Å². The van der Waals surface area contributed by atoms with Gasteiger partial charge in [0.15, 0.2) is 0 Å². The standard InChI is InChI=1S/C12H23NO/c1-10-2-4-11(5-3-10)9-14-12-6-7-13-8-12/h10-13H,2-9H2,1H3. The zero-order chi connectivity index (χ0) is 9.80. The average molecular weight is 197 g/mol. The monoisotopic (exact) mass is 197 g/mol. The van der Waals surface area contributed by atoms with E-state index in [2.05, 4.69) is 12.2 Å². The highest BCUT2D eigenvalue weighted by atomic mass is 16.5. The van der Waals surface area contributed by atoms with Gasteiger partial charge in [-0.15, -0.1) is 0 Å². The van der Waals surface area contributed by atoms with Gasteiger partial charge < -0.3 is 10.1 Å². The molecule has 0 aromatic rings. The quantitative estimate of drug-likeness (QED) is 0.749. The molecule has 2 fully saturated rings. The maximum atomic E-state index is 5.92. The zero-order valence-corrected chi connectivity index (χ0v) is 9.30. The second kappa shape index (κ2) is 5.13. The molecule has 2 nitrogen and oxygen atoms in total. The highest BCUT2D eigenvalue weighted by molar-refractivity contribution is 4.74. The number of nitrogens with one attached hydrogen (secondary N) is 1. The fraction of sp³-hybridized carbons (Fsp3) is 1.00. The Balaban J connectivity index is 1.60. The Bertz CT molecular complexity index is 158. The third-order valence-electron chi connectivity index (χ3n) is 3.72. The summed E-state index contributed by atoms with van der Waals surface area (Å²) >= 11 is 0. The van der Waals surface area contributed by atoms with Crippen LogP contribution in [0.15, 0.2) is 0 Å². The van der Waals surface area contributed by atoms with Gasteiger partial charge in [0.25, 0.3) is 0 Å². The lowest BCUT2D eigenvalue weighted by Gasteiger charge is -2.26. The summed E-state index contributed by atoms with van der Waals surface area (Å²) in [6, 6.07) is 0. The molecule has 1 aliphatic carbocycles. The van der Waals surface area contributed by atoms with Crippen LogP contribution in [0.5, 0.6) is 0 Å². The molecule has 2 rings (SSSR count). The van der Waals surface area contributed by atoms with Gasteiger partial charge in [0, 0.05) is 13.2 Å². The molecular formula is C12H23NO. The van der Waals surface area contributed by atoms with Crippen LogP contribution in [-0.2, 0) is 4.74 Å². The molecule has 1 aliphatic heterocycles. The minimum Gasteiger partial charge on any atom is -0.377 e. The van der Waals surface area contributed by atoms with Crippen molar-refractivity contribution in [3.63, 3.8) is 0 Å². The summed E-state index contributed by atoms with van der Waals surface area (Å²) < 4.78 is 5.92. The molecule has 1 heterocycles. The van der Waals surface area contributed by atoms with E-state index in [4.69, 9.17) is 4.74 Å². The van der Waals surface area contributed by atoms with Gasteiger partial charge in [0.2, 0.25) is 0 Å². The van der Waals surface area contributed by atoms with Crippen molar-refractivity contribution in [1.82, 2.24) is 5.32 Å². The van der Waals surface area contributed by atoms with Gasteiger partial charge in [-0.25, -0.2) is 0 Å². The predicted molar refractivity (Wildman–Crippen MR) is 58.3 cm³/mol. The molecule has 1 N–H and O–H groups in total. The molecule has 1 saturated carbocycles. The molecule has 14 heavy (non-hydrogen) atoms. The van der Waals surface area contributed by atoms with Gasteiger partial charge in [-0.3, -0.25) is 0 Å². The van der Waals surface area contributed by atoms with Crippen molar-refractivity contribution in [3.8, 4) is 0 Å². The van der Waals surface area contributed by atoms with Gasteiger partial charge in [-0.05, 0) is 37.6 Å². The SMILES string of the molecule is CC1CCC(COC2CCNC2)CC1. The van der Waals surface area contributed by atoms with Crippen molar-refractivity contribution < 1.29 is 4.74 Å². The van der Waals surface area contributed by atoms with Crippen LogP contribution < -0.4 is 5.32 Å². The van der Waals surface area contributed by atoms with Gasteiger partial charge in [0.05, 0.1) is 6.10 Å². The van der Waals surface area contributed by atoms with Crippen molar-refractivity contribution in [1.29, 1.82) is 0 Å². The van der Waals surface area contributed by atoms with E-state index >= 15 is 0 Å². The molecule has 1 unspecified atom stereocenters. The first-order chi connectivity index (χ1) is 6.84. The maximum absolute atomic E-state index is 5.92. The molecule has 0 amide bonds. The van der Waals surface area contributed by atoms with E-state index in [-0.39, 0.29) is 0 Å². The predicted octanol–water partition coefficient (Wildman–Crippen LogP) is 2.19. The lowest BCUT2D eigenvalue weighted by atomic mass is 9.83. The molecule has 82 valence electrons. The molecule has 2 heteroatoms. The van der Waals surface area contributed by atoms with Crippen LogP contribution in [-0.4, -0.2) is 25.8 Å². The first-order valence-electron chi connectivity index (χ1n) is 6.17. The fourth-order valence-corrected chi connectivity index (χ4v) is 2.54. The third-order valence-corrected chi connectivity index (χ3v) is 3.72. The van der Waals surface area contributed by atoms with E-state index in [0.29, 0.717) is 6.10 Å². The maximum Gasteiger partial charge on any atom is 0.0711 e. The summed E-state index contributed by atoms with van der Waals surface area (Å²) in [4.78, 5) is 0. The van der Waals surface area contributed by atoms with Crippen LogP contribution in [0.3, 0.4) is 0 Å². The van der Waals surface area contributed by atoms with Crippen LogP contribution in [0.2, 0.25) is 0 Å². The minimum absolute atomic E-state index is 0.509. The Kier molecular flexibility index (Phi) is 3.82. The Morgan fingerprint density at radius 1 is 1.14 bits per heavy atom. The number of hydrogen-bond donors (Lipinski definition) is 1. The normalized spacial score (nSPS) is 38.8. The summed E-state index contributed by atoms with van der Waals surface area (Å²) in [5.74, 6) is 1.81. The molecular weight excluding hydrogens is 174 g/mol. The molecule has 0 aromatic carbocycles. The molecule has 1 saturated heterocycles. The first kappa shape index (κ1) is 10.4. The Labute approximate surface area is 87.4 Å². The van der Waals surface area contributed by atoms with E-state index in [0.717, 1.165) is 31.5 Å². The first-order valence-corrected chi connectivity index (χ1v) is 6.17. The van der Waals surface area contributed by atoms with E-state index < -0.39 is 0 Å². The van der Waals surface area contributed by atoms with E-state index in [1.807, 2.05) is 0 Å². The Hall–Kier alpha value is -0.0800. The highest BCUT2D eigenvalue weighted by Crippen LogP contribution is 2.28. The molecule has 0 radical (unpaired) electrons. The van der Waals surface area contributed by atoms with Crippen molar-refractivity contribution in [2.45, 2.75) is 45.1 Å². The largest absolute Gasteiger partial charge is 0.377 e. The second-order valence-corrected chi connectivity index (χ2v) is 5.07. The number of hydrogen-bond acceptors (Lipinski definition) is 2. The number of ether oxygens (including phenoxy) is 1. The van der Waals surface area contributed by atoms with Gasteiger partial charge in [-0.1, -0.05) is 19.8 Å². The summed E-state index contributed by atoms with van der Waals surface area (Å²) in [5, 5.41) is 3.34. The van der Waals surface area contributed by atoms with Crippen molar-refractivity contribution >= 4 is 0 Å². The molecule has 1 atom stereocenters. The Morgan fingerprint density at radius 2 is 1.93 bits per heavy atom. The van der Waals surface area contributed by atoms with Gasteiger partial charge >= 0.3 is 0 Å². The topological polar surface area (TPSA) is 21.3 Å². The summed E-state index contributed by atoms with van der Waals surface area (Å²) in [6.07, 6.45) is 7.33. The molecule has 0 spiro atoms. The highest BCUT2D eigenvalue weighted by Gasteiger charge is 2.21. The van der Waals surface area contributed by atoms with Crippen molar-refractivity contribution in [2.75, 3.05) is 19.7 Å². The minimum atomic E-state index is 0.509. The molecule has 0 bridgehead atoms. The summed E-state index contributed by atoms with van der Waals surface area (Å²) in [5.41, 5.74) is 0. The van der Waals surface area contributed by atoms with Gasteiger partial charge in [0.1, 0.15) is 0 Å². The Morgan fingerprint density at radius 3 is 2.57 bits per heavy atom. The fourth-order valence-electron chi connectivity index (χ4n) is 2.54. The summed E-state index contributed by atoms with van der Waals surface area (Å²) in [7, 11) is 0. The molecule has 0 aromatic heterocycles.